The number of rotatable bonds is 4. The smallest absolute Gasteiger partial charge is 0.138 e. The third-order valence-electron chi connectivity index (χ3n) is 9.62. The average molecular weight is 598 g/mol. The molecule has 0 unspecified atom stereocenters. The van der Waals surface area contributed by atoms with Gasteiger partial charge >= 0.3 is 0 Å². The number of hydrogen-bond donors (Lipinski definition) is 0. The Kier molecular flexibility index (Phi) is 5.57. The molecule has 0 saturated heterocycles. The first kappa shape index (κ1) is 26.0. The van der Waals surface area contributed by atoms with Crippen LogP contribution in [0.15, 0.2) is 164 Å². The van der Waals surface area contributed by atoms with Crippen molar-refractivity contribution < 1.29 is 0 Å². The molecule has 7 aromatic carbocycles. The first-order chi connectivity index (χ1) is 23.3. The number of para-hydroxylation sites is 1. The van der Waals surface area contributed by atoms with E-state index in [1.807, 2.05) is 24.4 Å². The molecular weight excluding hydrogens is 571 g/mol. The minimum Gasteiger partial charge on any atom is -0.292 e. The fraction of sp³-hybridized carbons (Fsp3) is 0. The van der Waals surface area contributed by atoms with Crippen LogP contribution in [0.25, 0.3) is 93.8 Å². The zero-order chi connectivity index (χ0) is 30.9. The van der Waals surface area contributed by atoms with Gasteiger partial charge in [0, 0.05) is 11.8 Å². The summed E-state index contributed by atoms with van der Waals surface area (Å²) in [6.07, 6.45) is 1.83. The molecule has 10 aromatic rings. The SMILES string of the molecule is c1ccc(-c2nc3ccc4ccccc4n3c2-c2ccc(-c3ccc(-c4ccc5ccc6cccc7ccc4c5c67)cc3)cc2)nc1. The van der Waals surface area contributed by atoms with Crippen LogP contribution in [0.4, 0.5) is 0 Å². The first-order valence-corrected chi connectivity index (χ1v) is 16.0. The second kappa shape index (κ2) is 10.1. The van der Waals surface area contributed by atoms with Crippen molar-refractivity contribution >= 4 is 48.9 Å². The molecule has 0 spiro atoms. The number of pyridine rings is 2. The van der Waals surface area contributed by atoms with Gasteiger partial charge < -0.3 is 0 Å². The maximum atomic E-state index is 5.08. The lowest BCUT2D eigenvalue weighted by Crippen LogP contribution is -1.93. The molecule has 0 aliphatic carbocycles. The highest BCUT2D eigenvalue weighted by atomic mass is 15.0. The molecule has 3 aromatic heterocycles. The van der Waals surface area contributed by atoms with Gasteiger partial charge in [0.15, 0.2) is 0 Å². The van der Waals surface area contributed by atoms with Gasteiger partial charge in [-0.1, -0.05) is 127 Å². The third-order valence-corrected chi connectivity index (χ3v) is 9.62. The highest BCUT2D eigenvalue weighted by Crippen LogP contribution is 2.40. The number of imidazole rings is 1. The van der Waals surface area contributed by atoms with Crippen molar-refractivity contribution in [3.05, 3.63) is 164 Å². The maximum Gasteiger partial charge on any atom is 0.138 e. The standard InChI is InChI=1S/C44H27N3/c1-2-10-39-31(6-1)23-26-40-46-43(38-9-3-4-27-45-38)44(47(39)40)35-19-13-29(14-20-35)28-11-15-30(16-12-28)36-24-21-34-18-17-32-7-5-8-33-22-25-37(36)42(34)41(32)33/h1-27H. The van der Waals surface area contributed by atoms with Crippen LogP contribution in [0.3, 0.4) is 0 Å². The lowest BCUT2D eigenvalue weighted by atomic mass is 9.89. The van der Waals surface area contributed by atoms with Crippen LogP contribution in [-0.4, -0.2) is 14.4 Å². The fourth-order valence-corrected chi connectivity index (χ4v) is 7.39. The molecule has 0 aliphatic rings. The van der Waals surface area contributed by atoms with Gasteiger partial charge in [-0.05, 0) is 90.3 Å². The number of hydrogen-bond acceptors (Lipinski definition) is 2. The van der Waals surface area contributed by atoms with Crippen molar-refractivity contribution in [2.24, 2.45) is 0 Å². The van der Waals surface area contributed by atoms with E-state index in [0.29, 0.717) is 0 Å². The fourth-order valence-electron chi connectivity index (χ4n) is 7.39. The minimum absolute atomic E-state index is 0.863. The topological polar surface area (TPSA) is 30.2 Å². The van der Waals surface area contributed by atoms with Crippen molar-refractivity contribution in [3.63, 3.8) is 0 Å². The highest BCUT2D eigenvalue weighted by molar-refractivity contribution is 6.25. The molecule has 0 saturated carbocycles. The molecule has 0 bridgehead atoms. The summed E-state index contributed by atoms with van der Waals surface area (Å²) in [7, 11) is 0. The Balaban J connectivity index is 1.06. The summed E-state index contributed by atoms with van der Waals surface area (Å²) in [6.45, 7) is 0. The summed E-state index contributed by atoms with van der Waals surface area (Å²) in [5.74, 6) is 0. The number of aromatic nitrogens is 3. The maximum absolute atomic E-state index is 5.08. The Morgan fingerprint density at radius 1 is 0.426 bits per heavy atom. The van der Waals surface area contributed by atoms with Gasteiger partial charge in [0.2, 0.25) is 0 Å². The summed E-state index contributed by atoms with van der Waals surface area (Å²) in [4.78, 5) is 9.75. The lowest BCUT2D eigenvalue weighted by Gasteiger charge is -2.14. The molecule has 0 amide bonds. The van der Waals surface area contributed by atoms with Crippen molar-refractivity contribution in [1.29, 1.82) is 0 Å². The van der Waals surface area contributed by atoms with E-state index < -0.39 is 0 Å². The van der Waals surface area contributed by atoms with Gasteiger partial charge in [0.1, 0.15) is 11.3 Å². The Morgan fingerprint density at radius 2 is 1.04 bits per heavy atom. The van der Waals surface area contributed by atoms with Crippen molar-refractivity contribution in [1.82, 2.24) is 14.4 Å². The average Bonchev–Trinajstić information content (AvgIpc) is 3.55. The molecule has 47 heavy (non-hydrogen) atoms. The van der Waals surface area contributed by atoms with Gasteiger partial charge in [-0.3, -0.25) is 9.38 Å². The Labute approximate surface area is 271 Å². The monoisotopic (exact) mass is 597 g/mol. The minimum atomic E-state index is 0.863. The molecule has 3 nitrogen and oxygen atoms in total. The summed E-state index contributed by atoms with van der Waals surface area (Å²) >= 11 is 0. The molecule has 0 N–H and O–H groups in total. The number of benzene rings is 7. The van der Waals surface area contributed by atoms with Gasteiger partial charge in [-0.15, -0.1) is 0 Å². The van der Waals surface area contributed by atoms with Gasteiger partial charge in [-0.2, -0.15) is 0 Å². The lowest BCUT2D eigenvalue weighted by molar-refractivity contribution is 1.26. The van der Waals surface area contributed by atoms with E-state index in [-0.39, 0.29) is 0 Å². The summed E-state index contributed by atoms with van der Waals surface area (Å²) < 4.78 is 2.26. The van der Waals surface area contributed by atoms with E-state index in [4.69, 9.17) is 4.98 Å². The van der Waals surface area contributed by atoms with Crippen molar-refractivity contribution in [3.8, 4) is 44.9 Å². The van der Waals surface area contributed by atoms with Crippen molar-refractivity contribution in [2.45, 2.75) is 0 Å². The second-order valence-corrected chi connectivity index (χ2v) is 12.2. The Morgan fingerprint density at radius 3 is 1.81 bits per heavy atom. The highest BCUT2D eigenvalue weighted by Gasteiger charge is 2.19. The summed E-state index contributed by atoms with van der Waals surface area (Å²) in [5, 5.41) is 9.05. The largest absolute Gasteiger partial charge is 0.292 e. The predicted molar refractivity (Wildman–Crippen MR) is 196 cm³/mol. The molecule has 0 aliphatic heterocycles. The molecule has 0 radical (unpaired) electrons. The van der Waals surface area contributed by atoms with Gasteiger partial charge in [0.05, 0.1) is 16.9 Å². The normalized spacial score (nSPS) is 11.8. The van der Waals surface area contributed by atoms with Crippen LogP contribution >= 0.6 is 0 Å². The van der Waals surface area contributed by atoms with Crippen LogP contribution in [0.2, 0.25) is 0 Å². The second-order valence-electron chi connectivity index (χ2n) is 12.2. The first-order valence-electron chi connectivity index (χ1n) is 16.0. The third kappa shape index (κ3) is 4.00. The zero-order valence-electron chi connectivity index (χ0n) is 25.4. The summed E-state index contributed by atoms with van der Waals surface area (Å²) in [6, 6.07) is 56.7. The van der Waals surface area contributed by atoms with Gasteiger partial charge in [-0.25, -0.2) is 4.98 Å². The van der Waals surface area contributed by atoms with Crippen LogP contribution < -0.4 is 0 Å². The van der Waals surface area contributed by atoms with Crippen LogP contribution in [0.1, 0.15) is 0 Å². The molecule has 3 heteroatoms. The zero-order valence-corrected chi connectivity index (χ0v) is 25.4. The van der Waals surface area contributed by atoms with E-state index in [2.05, 4.69) is 149 Å². The Bertz CT molecular complexity index is 2740. The van der Waals surface area contributed by atoms with E-state index in [0.717, 1.165) is 33.8 Å². The quantitative estimate of drug-likeness (QED) is 0.189. The van der Waals surface area contributed by atoms with Gasteiger partial charge in [0.25, 0.3) is 0 Å². The molecule has 10 rings (SSSR count). The molecule has 0 atom stereocenters. The molecule has 218 valence electrons. The summed E-state index contributed by atoms with van der Waals surface area (Å²) in [5.41, 5.74) is 10.8. The molecular formula is C44H27N3. The number of nitrogens with zero attached hydrogens (tertiary/aromatic N) is 3. The molecule has 3 heterocycles. The van der Waals surface area contributed by atoms with Crippen LogP contribution in [0.5, 0.6) is 0 Å². The predicted octanol–water partition coefficient (Wildman–Crippen LogP) is 11.4. The van der Waals surface area contributed by atoms with E-state index in [1.54, 1.807) is 0 Å². The van der Waals surface area contributed by atoms with E-state index >= 15 is 0 Å². The van der Waals surface area contributed by atoms with E-state index in [9.17, 15) is 0 Å². The van der Waals surface area contributed by atoms with E-state index in [1.165, 1.54) is 60.0 Å². The molecule has 0 fully saturated rings. The van der Waals surface area contributed by atoms with Crippen LogP contribution in [0, 0.1) is 0 Å². The number of fused-ring (bicyclic) bond motifs is 3. The van der Waals surface area contributed by atoms with Crippen LogP contribution in [-0.2, 0) is 0 Å². The van der Waals surface area contributed by atoms with Crippen molar-refractivity contribution in [2.75, 3.05) is 0 Å². The Hall–Kier alpha value is -6.32.